The smallest absolute Gasteiger partial charge is 0.261 e. The van der Waals surface area contributed by atoms with Gasteiger partial charge in [-0.2, -0.15) is 0 Å². The van der Waals surface area contributed by atoms with Crippen molar-refractivity contribution in [3.8, 4) is 0 Å². The Morgan fingerprint density at radius 1 is 1.17 bits per heavy atom. The second-order valence-electron chi connectivity index (χ2n) is 6.22. The highest BCUT2D eigenvalue weighted by atomic mass is 35.5. The van der Waals surface area contributed by atoms with E-state index in [1.54, 1.807) is 18.2 Å². The largest absolute Gasteiger partial charge is 0.390 e. The van der Waals surface area contributed by atoms with E-state index < -0.39 is 6.10 Å². The Hall–Kier alpha value is -1.59. The zero-order chi connectivity index (χ0) is 16.4. The number of fused-ring (bicyclic) bond motifs is 1. The highest BCUT2D eigenvalue weighted by Gasteiger charge is 2.40. The van der Waals surface area contributed by atoms with E-state index in [1.165, 1.54) is 11.3 Å². The van der Waals surface area contributed by atoms with Gasteiger partial charge in [-0.15, -0.1) is 11.6 Å². The summed E-state index contributed by atoms with van der Waals surface area (Å²) in [5.74, 6) is -0.229. The van der Waals surface area contributed by atoms with Gasteiger partial charge in [0.05, 0.1) is 23.1 Å². The van der Waals surface area contributed by atoms with E-state index in [0.29, 0.717) is 23.4 Å². The van der Waals surface area contributed by atoms with Crippen LogP contribution in [0.25, 0.3) is 0 Å². The summed E-state index contributed by atoms with van der Waals surface area (Å²) < 4.78 is 0. The molecule has 5 nitrogen and oxygen atoms in total. The van der Waals surface area contributed by atoms with E-state index in [2.05, 4.69) is 5.32 Å². The molecule has 1 atom stereocenters. The number of amides is 2. The summed E-state index contributed by atoms with van der Waals surface area (Å²) in [5, 5.41) is 12.5. The fraction of sp³-hybridized carbons (Fsp3) is 0.529. The average molecular weight is 337 g/mol. The third kappa shape index (κ3) is 3.21. The minimum absolute atomic E-state index is 0.0330. The average Bonchev–Trinajstić information content (AvgIpc) is 2.84. The number of carbonyl (C=O) groups excluding carboxylic acids is 2. The molecule has 2 N–H and O–H groups in total. The van der Waals surface area contributed by atoms with Crippen LogP contribution in [-0.4, -0.2) is 46.4 Å². The molecule has 0 radical (unpaired) electrons. The lowest BCUT2D eigenvalue weighted by atomic mass is 9.94. The number of aliphatic hydroxyl groups excluding tert-OH is 1. The number of hydrogen-bond donors (Lipinski definition) is 2. The topological polar surface area (TPSA) is 69.6 Å². The maximum atomic E-state index is 12.7. The number of nitrogens with zero attached hydrogens (tertiary/aromatic N) is 1. The van der Waals surface area contributed by atoms with Crippen LogP contribution >= 0.6 is 11.6 Å². The van der Waals surface area contributed by atoms with Crippen molar-refractivity contribution in [3.63, 3.8) is 0 Å². The van der Waals surface area contributed by atoms with Crippen LogP contribution in [0.3, 0.4) is 0 Å². The molecule has 1 aromatic rings. The highest BCUT2D eigenvalue weighted by Crippen LogP contribution is 2.32. The normalized spacial score (nSPS) is 19.8. The first-order valence-electron chi connectivity index (χ1n) is 8.11. The molecular formula is C17H21ClN2O3. The van der Waals surface area contributed by atoms with E-state index in [-0.39, 0.29) is 23.7 Å². The maximum Gasteiger partial charge on any atom is 0.261 e. The number of halogens is 1. The number of rotatable bonds is 5. The fourth-order valence-corrected chi connectivity index (χ4v) is 3.44. The quantitative estimate of drug-likeness (QED) is 0.640. The van der Waals surface area contributed by atoms with Crippen molar-refractivity contribution in [1.82, 2.24) is 4.90 Å². The van der Waals surface area contributed by atoms with Gasteiger partial charge in [-0.05, 0) is 31.0 Å². The number of anilines is 1. The molecule has 1 saturated carbocycles. The van der Waals surface area contributed by atoms with Crippen LogP contribution in [0.5, 0.6) is 0 Å². The minimum atomic E-state index is -0.652. The first kappa shape index (κ1) is 16.3. The summed E-state index contributed by atoms with van der Waals surface area (Å²) in [4.78, 5) is 26.7. The third-order valence-electron chi connectivity index (χ3n) is 4.58. The Balaban J connectivity index is 1.78. The summed E-state index contributed by atoms with van der Waals surface area (Å²) in [6, 6.07) is 5.17. The Morgan fingerprint density at radius 3 is 2.57 bits per heavy atom. The predicted octanol–water partition coefficient (Wildman–Crippen LogP) is 2.63. The number of aliphatic hydroxyl groups is 1. The standard InChI is InChI=1S/C17H21ClN2O3/c18-9-13(21)10-19-11-6-7-14-15(8-11)17(23)20(16(14)22)12-4-2-1-3-5-12/h6-8,12-13,19,21H,1-5,9-10H2. The summed E-state index contributed by atoms with van der Waals surface area (Å²) in [5.41, 5.74) is 1.63. The lowest BCUT2D eigenvalue weighted by molar-refractivity contribution is 0.0549. The van der Waals surface area contributed by atoms with Crippen molar-refractivity contribution in [2.24, 2.45) is 0 Å². The molecule has 1 aliphatic heterocycles. The molecule has 0 saturated heterocycles. The summed E-state index contributed by atoms with van der Waals surface area (Å²) in [7, 11) is 0. The van der Waals surface area contributed by atoms with Crippen LogP contribution in [0.15, 0.2) is 18.2 Å². The number of benzene rings is 1. The molecule has 1 unspecified atom stereocenters. The van der Waals surface area contributed by atoms with Crippen molar-refractivity contribution < 1.29 is 14.7 Å². The van der Waals surface area contributed by atoms with Crippen LogP contribution in [0, 0.1) is 0 Å². The van der Waals surface area contributed by atoms with Gasteiger partial charge in [-0.25, -0.2) is 0 Å². The Morgan fingerprint density at radius 2 is 1.87 bits per heavy atom. The number of hydrogen-bond acceptors (Lipinski definition) is 4. The van der Waals surface area contributed by atoms with Crippen LogP contribution in [0.4, 0.5) is 5.69 Å². The van der Waals surface area contributed by atoms with Crippen LogP contribution in [0.1, 0.15) is 52.8 Å². The molecule has 0 aromatic heterocycles. The van der Waals surface area contributed by atoms with Gasteiger partial charge in [0.1, 0.15) is 0 Å². The first-order chi connectivity index (χ1) is 11.1. The molecule has 0 spiro atoms. The lowest BCUT2D eigenvalue weighted by Gasteiger charge is -2.29. The van der Waals surface area contributed by atoms with Crippen LogP contribution < -0.4 is 5.32 Å². The zero-order valence-corrected chi connectivity index (χ0v) is 13.7. The molecule has 1 fully saturated rings. The molecular weight excluding hydrogens is 316 g/mol. The van der Waals surface area contributed by atoms with Crippen molar-refractivity contribution in [3.05, 3.63) is 29.3 Å². The molecule has 124 valence electrons. The van der Waals surface area contributed by atoms with Gasteiger partial charge in [0, 0.05) is 18.3 Å². The van der Waals surface area contributed by atoms with Gasteiger partial charge < -0.3 is 10.4 Å². The lowest BCUT2D eigenvalue weighted by Crippen LogP contribution is -2.40. The molecule has 1 heterocycles. The molecule has 6 heteroatoms. The first-order valence-corrected chi connectivity index (χ1v) is 8.65. The highest BCUT2D eigenvalue weighted by molar-refractivity contribution is 6.22. The second kappa shape index (κ2) is 6.89. The molecule has 2 amide bonds. The van der Waals surface area contributed by atoms with Crippen molar-refractivity contribution in [2.75, 3.05) is 17.7 Å². The van der Waals surface area contributed by atoms with Gasteiger partial charge >= 0.3 is 0 Å². The summed E-state index contributed by atoms with van der Waals surface area (Å²) >= 11 is 5.56. The van der Waals surface area contributed by atoms with E-state index in [0.717, 1.165) is 25.7 Å². The van der Waals surface area contributed by atoms with E-state index in [9.17, 15) is 14.7 Å². The number of nitrogens with one attached hydrogen (secondary N) is 1. The molecule has 2 aliphatic rings. The molecule has 23 heavy (non-hydrogen) atoms. The molecule has 1 aliphatic carbocycles. The van der Waals surface area contributed by atoms with Gasteiger partial charge in [0.25, 0.3) is 11.8 Å². The number of carbonyl (C=O) groups is 2. The summed E-state index contributed by atoms with van der Waals surface area (Å²) in [6.45, 7) is 0.302. The SMILES string of the molecule is O=C1c2ccc(NCC(O)CCl)cc2C(=O)N1C1CCCCC1. The Kier molecular flexibility index (Phi) is 4.87. The van der Waals surface area contributed by atoms with E-state index >= 15 is 0 Å². The van der Waals surface area contributed by atoms with Crippen LogP contribution in [0.2, 0.25) is 0 Å². The number of imide groups is 1. The second-order valence-corrected chi connectivity index (χ2v) is 6.53. The molecule has 0 bridgehead atoms. The minimum Gasteiger partial charge on any atom is -0.390 e. The molecule has 3 rings (SSSR count). The van der Waals surface area contributed by atoms with Crippen molar-refractivity contribution in [1.29, 1.82) is 0 Å². The summed E-state index contributed by atoms with van der Waals surface area (Å²) in [6.07, 6.45) is 4.47. The predicted molar refractivity (Wildman–Crippen MR) is 89.0 cm³/mol. The van der Waals surface area contributed by atoms with Crippen molar-refractivity contribution >= 4 is 29.1 Å². The number of alkyl halides is 1. The maximum absolute atomic E-state index is 12.7. The van der Waals surface area contributed by atoms with E-state index in [1.807, 2.05) is 0 Å². The van der Waals surface area contributed by atoms with Gasteiger partial charge in [0.2, 0.25) is 0 Å². The third-order valence-corrected chi connectivity index (χ3v) is 4.93. The van der Waals surface area contributed by atoms with Gasteiger partial charge in [-0.1, -0.05) is 19.3 Å². The molecule has 1 aromatic carbocycles. The Labute approximate surface area is 140 Å². The van der Waals surface area contributed by atoms with Gasteiger partial charge in [-0.3, -0.25) is 14.5 Å². The Bertz CT molecular complexity index is 614. The fourth-order valence-electron chi connectivity index (χ4n) is 3.33. The van der Waals surface area contributed by atoms with Crippen molar-refractivity contribution in [2.45, 2.75) is 44.2 Å². The van der Waals surface area contributed by atoms with Crippen LogP contribution in [-0.2, 0) is 0 Å². The monoisotopic (exact) mass is 336 g/mol. The zero-order valence-electron chi connectivity index (χ0n) is 12.9. The van der Waals surface area contributed by atoms with Gasteiger partial charge in [0.15, 0.2) is 0 Å². The van der Waals surface area contributed by atoms with E-state index in [4.69, 9.17) is 11.6 Å².